The Labute approximate surface area is 332 Å². The van der Waals surface area contributed by atoms with Crippen molar-refractivity contribution >= 4 is 43.6 Å². The maximum atomic E-state index is 14.4. The largest absolute Gasteiger partial charge is 0.465 e. The van der Waals surface area contributed by atoms with Crippen molar-refractivity contribution in [1.29, 1.82) is 0 Å². The fourth-order valence-corrected chi connectivity index (χ4v) is 12.0. The first-order chi connectivity index (χ1) is 26.1. The van der Waals surface area contributed by atoms with Crippen molar-refractivity contribution in [1.82, 2.24) is 8.61 Å². The summed E-state index contributed by atoms with van der Waals surface area (Å²) in [6.45, 7) is 15.4. The Morgan fingerprint density at radius 1 is 0.571 bits per heavy atom. The molecular weight excluding hydrogens is 757 g/mol. The van der Waals surface area contributed by atoms with E-state index in [-0.39, 0.29) is 56.1 Å². The van der Waals surface area contributed by atoms with Gasteiger partial charge in [0.05, 0.1) is 23.0 Å². The van der Waals surface area contributed by atoms with E-state index in [9.17, 15) is 36.0 Å². The fourth-order valence-electron chi connectivity index (χ4n) is 8.65. The van der Waals surface area contributed by atoms with Gasteiger partial charge in [-0.1, -0.05) is 41.5 Å². The van der Waals surface area contributed by atoms with Gasteiger partial charge < -0.3 is 9.47 Å². The number of nitrogens with zero attached hydrogens (tertiary/aromatic N) is 2. The van der Waals surface area contributed by atoms with Crippen LogP contribution in [0.3, 0.4) is 0 Å². The van der Waals surface area contributed by atoms with Crippen molar-refractivity contribution in [3.8, 4) is 0 Å². The topological polar surface area (TPSA) is 161 Å². The molecule has 5 rings (SSSR count). The van der Waals surface area contributed by atoms with Gasteiger partial charge in [-0.25, -0.2) is 16.8 Å². The second-order valence-electron chi connectivity index (χ2n) is 17.5. The monoisotopic (exact) mass is 814 g/mol. The highest BCUT2D eigenvalue weighted by atomic mass is 32.2. The number of ether oxygens (including phenoxy) is 2. The summed E-state index contributed by atoms with van der Waals surface area (Å²) >= 11 is 0. The molecule has 0 N–H and O–H groups in total. The van der Waals surface area contributed by atoms with Crippen LogP contribution in [0.15, 0.2) is 46.2 Å². The highest BCUT2D eigenvalue weighted by Crippen LogP contribution is 2.42. The van der Waals surface area contributed by atoms with Crippen molar-refractivity contribution in [3.05, 3.63) is 58.7 Å². The van der Waals surface area contributed by atoms with Crippen LogP contribution in [0, 0.1) is 22.7 Å². The molecule has 2 saturated carbocycles. The molecule has 308 valence electrons. The average Bonchev–Trinajstić information content (AvgIpc) is 3.14. The Morgan fingerprint density at radius 2 is 0.893 bits per heavy atom. The summed E-state index contributed by atoms with van der Waals surface area (Å²) in [5.74, 6) is -1.90. The van der Waals surface area contributed by atoms with E-state index in [2.05, 4.69) is 41.5 Å². The smallest absolute Gasteiger partial charge is 0.321 e. The quantitative estimate of drug-likeness (QED) is 0.178. The molecule has 0 unspecified atom stereocenters. The van der Waals surface area contributed by atoms with Gasteiger partial charge in [0.15, 0.2) is 11.6 Å². The van der Waals surface area contributed by atoms with Crippen molar-refractivity contribution in [2.24, 2.45) is 22.7 Å². The number of fused-ring (bicyclic) bond motifs is 2. The third kappa shape index (κ3) is 9.13. The maximum Gasteiger partial charge on any atom is 0.321 e. The molecule has 3 aliphatic rings. The molecule has 2 aromatic rings. The molecule has 14 heteroatoms. The zero-order valence-corrected chi connectivity index (χ0v) is 35.7. The van der Waals surface area contributed by atoms with E-state index in [1.54, 1.807) is 13.8 Å². The fraction of sp³-hybridized carbons (Fsp3) is 0.619. The molecular formula is C42H58N2O10S2. The van der Waals surface area contributed by atoms with E-state index < -0.39 is 68.7 Å². The summed E-state index contributed by atoms with van der Waals surface area (Å²) in [4.78, 5) is 53.0. The zero-order valence-electron chi connectivity index (χ0n) is 34.1. The lowest BCUT2D eigenvalue weighted by molar-refractivity contribution is -0.144. The maximum absolute atomic E-state index is 14.4. The molecule has 0 heterocycles. The number of rotatable bonds is 12. The van der Waals surface area contributed by atoms with Gasteiger partial charge in [0.1, 0.15) is 13.1 Å². The van der Waals surface area contributed by atoms with Gasteiger partial charge >= 0.3 is 11.9 Å². The van der Waals surface area contributed by atoms with E-state index in [1.165, 1.54) is 24.3 Å². The van der Waals surface area contributed by atoms with Crippen molar-refractivity contribution < 1.29 is 45.5 Å². The number of sulfonamides is 2. The number of esters is 2. The average molecular weight is 815 g/mol. The number of ketones is 2. The molecule has 0 atom stereocenters. The van der Waals surface area contributed by atoms with E-state index in [0.29, 0.717) is 37.5 Å². The van der Waals surface area contributed by atoms with Gasteiger partial charge in [-0.15, -0.1) is 0 Å². The van der Waals surface area contributed by atoms with Crippen LogP contribution < -0.4 is 0 Å². The lowest BCUT2D eigenvalue weighted by Gasteiger charge is -2.40. The van der Waals surface area contributed by atoms with Crippen molar-refractivity contribution in [2.75, 3.05) is 26.3 Å². The van der Waals surface area contributed by atoms with Crippen LogP contribution in [-0.2, 0) is 39.1 Å². The number of carbonyl (C=O) groups excluding carboxylic acids is 4. The van der Waals surface area contributed by atoms with Gasteiger partial charge in [-0.2, -0.15) is 8.61 Å². The molecule has 0 saturated heterocycles. The Balaban J connectivity index is 1.48. The molecule has 0 aromatic heterocycles. The van der Waals surface area contributed by atoms with Crippen LogP contribution >= 0.6 is 0 Å². The van der Waals surface area contributed by atoms with Gasteiger partial charge in [-0.05, 0) is 124 Å². The first kappa shape index (κ1) is 43.7. The second kappa shape index (κ2) is 16.8. The Hall–Kier alpha value is -3.46. The van der Waals surface area contributed by atoms with Crippen LogP contribution in [-0.4, -0.2) is 87.3 Å². The van der Waals surface area contributed by atoms with E-state index in [1.807, 2.05) is 0 Å². The third-order valence-corrected chi connectivity index (χ3v) is 15.8. The molecule has 0 aliphatic heterocycles. The second-order valence-corrected chi connectivity index (χ2v) is 21.3. The van der Waals surface area contributed by atoms with Gasteiger partial charge in [0.25, 0.3) is 0 Å². The normalized spacial score (nSPS) is 22.1. The highest BCUT2D eigenvalue weighted by Gasteiger charge is 2.42. The number of carbonyl (C=O) groups is 4. The minimum Gasteiger partial charge on any atom is -0.465 e. The molecule has 56 heavy (non-hydrogen) atoms. The Morgan fingerprint density at radius 3 is 1.20 bits per heavy atom. The predicted octanol–water partition coefficient (Wildman–Crippen LogP) is 6.78. The molecule has 0 spiro atoms. The third-order valence-electron chi connectivity index (χ3n) is 12.0. The molecule has 0 bridgehead atoms. The minimum absolute atomic E-state index is 0.0146. The number of hydrogen-bond acceptors (Lipinski definition) is 10. The molecule has 2 aromatic carbocycles. The summed E-state index contributed by atoms with van der Waals surface area (Å²) in [5, 5.41) is 0. The lowest BCUT2D eigenvalue weighted by Crippen LogP contribution is -2.46. The standard InChI is InChI=1S/C42H58N2O10S2/c1-9-53-37(45)25-43(29-15-11-27(12-16-29)41(3,4)5)55(49,50)31-19-21-33-35(23-31)40(48)36-24-32(20-22-34(36)39(33)47)56(51,52)44(26-38(46)54-10-2)30-17-13-28(14-18-30)42(6,7)8/h19-24,27-30H,9-18,25-26H2,1-8H3. The zero-order chi connectivity index (χ0) is 41.4. The van der Waals surface area contributed by atoms with Crippen LogP contribution in [0.2, 0.25) is 0 Å². The van der Waals surface area contributed by atoms with Crippen molar-refractivity contribution in [3.63, 3.8) is 0 Å². The number of benzene rings is 2. The summed E-state index contributed by atoms with van der Waals surface area (Å²) in [5.41, 5.74) is -0.314. The predicted molar refractivity (Wildman–Crippen MR) is 211 cm³/mol. The van der Waals surface area contributed by atoms with Crippen LogP contribution in [0.4, 0.5) is 0 Å². The molecule has 12 nitrogen and oxygen atoms in total. The van der Waals surface area contributed by atoms with Gasteiger partial charge in [0.2, 0.25) is 20.0 Å². The Kier molecular flexibility index (Phi) is 13.1. The SMILES string of the molecule is CCOC(=O)CN(C1CCC(C(C)(C)C)CC1)S(=O)(=O)c1ccc2c(c1)C(=O)c1cc(S(=O)(=O)N(CC(=O)OCC)C3CCC(C(C)(C)C)CC3)ccc1C2=O. The summed E-state index contributed by atoms with van der Waals surface area (Å²) < 4.78 is 70.2. The minimum atomic E-state index is -4.38. The molecule has 3 aliphatic carbocycles. The molecule has 0 amide bonds. The van der Waals surface area contributed by atoms with Crippen molar-refractivity contribution in [2.45, 2.75) is 129 Å². The van der Waals surface area contributed by atoms with Gasteiger partial charge in [0, 0.05) is 34.3 Å². The van der Waals surface area contributed by atoms with E-state index in [0.717, 1.165) is 46.4 Å². The molecule has 0 radical (unpaired) electrons. The Bertz CT molecular complexity index is 1900. The first-order valence-electron chi connectivity index (χ1n) is 19.8. The summed E-state index contributed by atoms with van der Waals surface area (Å²) in [6, 6.07) is 6.46. The molecule has 2 fully saturated rings. The number of hydrogen-bond donors (Lipinski definition) is 0. The van der Waals surface area contributed by atoms with E-state index >= 15 is 0 Å². The van der Waals surface area contributed by atoms with Crippen LogP contribution in [0.25, 0.3) is 0 Å². The lowest BCUT2D eigenvalue weighted by atomic mass is 9.71. The highest BCUT2D eigenvalue weighted by molar-refractivity contribution is 7.89. The van der Waals surface area contributed by atoms with Crippen LogP contribution in [0.1, 0.15) is 139 Å². The van der Waals surface area contributed by atoms with E-state index in [4.69, 9.17) is 9.47 Å². The van der Waals surface area contributed by atoms with Gasteiger partial charge in [-0.3, -0.25) is 19.2 Å². The summed E-state index contributed by atoms with van der Waals surface area (Å²) in [7, 11) is -8.76. The summed E-state index contributed by atoms with van der Waals surface area (Å²) in [6.07, 6.45) is 5.26. The van der Waals surface area contributed by atoms with Crippen LogP contribution in [0.5, 0.6) is 0 Å². The first-order valence-corrected chi connectivity index (χ1v) is 22.7.